The van der Waals surface area contributed by atoms with Crippen molar-refractivity contribution in [3.8, 4) is 5.75 Å². The van der Waals surface area contributed by atoms with Crippen molar-refractivity contribution in [3.05, 3.63) is 65.2 Å². The maximum Gasteiger partial charge on any atom is 0.120 e. The van der Waals surface area contributed by atoms with Gasteiger partial charge in [-0.05, 0) is 18.6 Å². The van der Waals surface area contributed by atoms with Gasteiger partial charge in [-0.25, -0.2) is 0 Å². The molecule has 0 bridgehead atoms. The number of rotatable bonds is 5. The number of phenolic OH excluding ortho intramolecular Hbond substituents is 1. The van der Waals surface area contributed by atoms with Gasteiger partial charge in [0, 0.05) is 12.1 Å². The number of aryl methyl sites for hydroxylation is 1. The van der Waals surface area contributed by atoms with Crippen LogP contribution in [0.1, 0.15) is 22.7 Å². The van der Waals surface area contributed by atoms with Crippen molar-refractivity contribution in [1.29, 1.82) is 0 Å². The van der Waals surface area contributed by atoms with E-state index in [-0.39, 0.29) is 18.4 Å². The number of aromatic hydroxyl groups is 1. The number of nitrogens with one attached hydrogen (secondary N) is 1. The lowest BCUT2D eigenvalue weighted by molar-refractivity contribution is 0.243. The van der Waals surface area contributed by atoms with Gasteiger partial charge in [-0.1, -0.05) is 48.0 Å². The number of aliphatic hydroxyl groups excluding tert-OH is 1. The van der Waals surface area contributed by atoms with Crippen molar-refractivity contribution in [1.82, 2.24) is 5.32 Å². The molecule has 1 atom stereocenters. The van der Waals surface area contributed by atoms with Gasteiger partial charge in [0.15, 0.2) is 0 Å². The molecule has 0 aliphatic heterocycles. The van der Waals surface area contributed by atoms with E-state index in [2.05, 4.69) is 5.32 Å². The first-order valence-electron chi connectivity index (χ1n) is 6.38. The summed E-state index contributed by atoms with van der Waals surface area (Å²) in [6.07, 6.45) is 0. The first kappa shape index (κ1) is 13.6. The molecule has 0 spiro atoms. The molecule has 0 saturated carbocycles. The number of hydrogen-bond acceptors (Lipinski definition) is 3. The van der Waals surface area contributed by atoms with Gasteiger partial charge >= 0.3 is 0 Å². The first-order valence-corrected chi connectivity index (χ1v) is 6.38. The third kappa shape index (κ3) is 3.56. The van der Waals surface area contributed by atoms with Gasteiger partial charge in [0.05, 0.1) is 12.6 Å². The van der Waals surface area contributed by atoms with E-state index in [1.165, 1.54) is 0 Å². The second-order valence-electron chi connectivity index (χ2n) is 4.66. The lowest BCUT2D eigenvalue weighted by Crippen LogP contribution is -2.24. The van der Waals surface area contributed by atoms with Gasteiger partial charge in [0.1, 0.15) is 5.75 Å². The van der Waals surface area contributed by atoms with E-state index in [1.54, 1.807) is 6.07 Å². The molecule has 2 rings (SSSR count). The Morgan fingerprint density at radius 3 is 2.53 bits per heavy atom. The Morgan fingerprint density at radius 2 is 1.84 bits per heavy atom. The number of hydrogen-bond donors (Lipinski definition) is 3. The van der Waals surface area contributed by atoms with E-state index >= 15 is 0 Å². The Morgan fingerprint density at radius 1 is 1.11 bits per heavy atom. The average Bonchev–Trinajstić information content (AvgIpc) is 2.44. The lowest BCUT2D eigenvalue weighted by atomic mass is 10.1. The number of benzene rings is 2. The zero-order chi connectivity index (χ0) is 13.7. The molecule has 0 aromatic heterocycles. The van der Waals surface area contributed by atoms with Crippen molar-refractivity contribution in [3.63, 3.8) is 0 Å². The molecule has 0 amide bonds. The quantitative estimate of drug-likeness (QED) is 0.771. The zero-order valence-corrected chi connectivity index (χ0v) is 11.0. The highest BCUT2D eigenvalue weighted by atomic mass is 16.3. The summed E-state index contributed by atoms with van der Waals surface area (Å²) in [5.41, 5.74) is 2.99. The normalized spacial score (nSPS) is 12.3. The third-order valence-electron chi connectivity index (χ3n) is 3.16. The Balaban J connectivity index is 2.06. The molecule has 1 unspecified atom stereocenters. The summed E-state index contributed by atoms with van der Waals surface area (Å²) >= 11 is 0. The molecule has 100 valence electrons. The SMILES string of the molecule is Cc1ccc(O)c(CNC(CO)c2ccccc2)c1. The summed E-state index contributed by atoms with van der Waals surface area (Å²) in [5.74, 6) is 0.280. The van der Waals surface area contributed by atoms with Gasteiger partial charge in [-0.2, -0.15) is 0 Å². The Kier molecular flexibility index (Phi) is 4.55. The van der Waals surface area contributed by atoms with Crippen molar-refractivity contribution >= 4 is 0 Å². The lowest BCUT2D eigenvalue weighted by Gasteiger charge is -2.17. The summed E-state index contributed by atoms with van der Waals surface area (Å²) in [6.45, 7) is 2.54. The molecule has 0 fully saturated rings. The molecule has 0 radical (unpaired) electrons. The van der Waals surface area contributed by atoms with Crippen molar-refractivity contribution in [2.75, 3.05) is 6.61 Å². The monoisotopic (exact) mass is 257 g/mol. The molecule has 3 nitrogen and oxygen atoms in total. The Labute approximate surface area is 113 Å². The van der Waals surface area contributed by atoms with E-state index in [0.29, 0.717) is 6.54 Å². The number of phenols is 1. The number of aliphatic hydroxyl groups is 1. The highest BCUT2D eigenvalue weighted by Crippen LogP contribution is 2.19. The summed E-state index contributed by atoms with van der Waals surface area (Å²) in [5, 5.41) is 22.5. The molecule has 2 aromatic carbocycles. The largest absolute Gasteiger partial charge is 0.508 e. The summed E-state index contributed by atoms with van der Waals surface area (Å²) in [6, 6.07) is 15.2. The molecular formula is C16H19NO2. The van der Waals surface area contributed by atoms with E-state index in [1.807, 2.05) is 49.4 Å². The van der Waals surface area contributed by atoms with Crippen LogP contribution in [-0.2, 0) is 6.54 Å². The smallest absolute Gasteiger partial charge is 0.120 e. The average molecular weight is 257 g/mol. The van der Waals surface area contributed by atoms with Crippen LogP contribution in [0.4, 0.5) is 0 Å². The van der Waals surface area contributed by atoms with Crippen LogP contribution in [-0.4, -0.2) is 16.8 Å². The minimum absolute atomic E-state index is 0.0244. The standard InChI is InChI=1S/C16H19NO2/c1-12-7-8-16(19)14(9-12)10-17-15(11-18)13-5-3-2-4-6-13/h2-9,15,17-19H,10-11H2,1H3. The highest BCUT2D eigenvalue weighted by molar-refractivity contribution is 5.35. The second-order valence-corrected chi connectivity index (χ2v) is 4.66. The molecule has 0 heterocycles. The van der Waals surface area contributed by atoms with Gasteiger partial charge < -0.3 is 15.5 Å². The second kappa shape index (κ2) is 6.36. The van der Waals surface area contributed by atoms with E-state index in [4.69, 9.17) is 0 Å². The van der Waals surface area contributed by atoms with Crippen molar-refractivity contribution in [2.45, 2.75) is 19.5 Å². The minimum Gasteiger partial charge on any atom is -0.508 e. The fraction of sp³-hybridized carbons (Fsp3) is 0.250. The summed E-state index contributed by atoms with van der Waals surface area (Å²) in [7, 11) is 0. The van der Waals surface area contributed by atoms with Crippen LogP contribution >= 0.6 is 0 Å². The Hall–Kier alpha value is -1.84. The first-order chi connectivity index (χ1) is 9.20. The fourth-order valence-electron chi connectivity index (χ4n) is 2.06. The van der Waals surface area contributed by atoms with Crippen LogP contribution in [0.2, 0.25) is 0 Å². The van der Waals surface area contributed by atoms with Crippen LogP contribution in [0.5, 0.6) is 5.75 Å². The van der Waals surface area contributed by atoms with E-state index in [0.717, 1.165) is 16.7 Å². The van der Waals surface area contributed by atoms with Crippen molar-refractivity contribution < 1.29 is 10.2 Å². The van der Waals surface area contributed by atoms with Crippen LogP contribution in [0, 0.1) is 6.92 Å². The molecule has 3 heteroatoms. The van der Waals surface area contributed by atoms with Gasteiger partial charge in [-0.3, -0.25) is 0 Å². The molecular weight excluding hydrogens is 238 g/mol. The fourth-order valence-corrected chi connectivity index (χ4v) is 2.06. The maximum atomic E-state index is 9.79. The summed E-state index contributed by atoms with van der Waals surface area (Å²) in [4.78, 5) is 0. The molecule has 2 aromatic rings. The van der Waals surface area contributed by atoms with Gasteiger partial charge in [0.25, 0.3) is 0 Å². The Bertz CT molecular complexity index is 526. The van der Waals surface area contributed by atoms with Crippen molar-refractivity contribution in [2.24, 2.45) is 0 Å². The maximum absolute atomic E-state index is 9.79. The van der Waals surface area contributed by atoms with E-state index < -0.39 is 0 Å². The van der Waals surface area contributed by atoms with Crippen LogP contribution in [0.15, 0.2) is 48.5 Å². The third-order valence-corrected chi connectivity index (χ3v) is 3.16. The highest BCUT2D eigenvalue weighted by Gasteiger charge is 2.10. The minimum atomic E-state index is -0.124. The molecule has 0 saturated heterocycles. The van der Waals surface area contributed by atoms with Gasteiger partial charge in [0.2, 0.25) is 0 Å². The van der Waals surface area contributed by atoms with E-state index in [9.17, 15) is 10.2 Å². The van der Waals surface area contributed by atoms with Crippen LogP contribution < -0.4 is 5.32 Å². The predicted molar refractivity (Wildman–Crippen MR) is 76.0 cm³/mol. The molecule has 19 heavy (non-hydrogen) atoms. The van der Waals surface area contributed by atoms with Gasteiger partial charge in [-0.15, -0.1) is 0 Å². The molecule has 0 aliphatic carbocycles. The molecule has 3 N–H and O–H groups in total. The van der Waals surface area contributed by atoms with Crippen LogP contribution in [0.25, 0.3) is 0 Å². The predicted octanol–water partition coefficient (Wildman–Crippen LogP) is 2.52. The zero-order valence-electron chi connectivity index (χ0n) is 11.0. The molecule has 0 aliphatic rings. The van der Waals surface area contributed by atoms with Crippen LogP contribution in [0.3, 0.4) is 0 Å². The summed E-state index contributed by atoms with van der Waals surface area (Å²) < 4.78 is 0. The topological polar surface area (TPSA) is 52.5 Å².